The van der Waals surface area contributed by atoms with E-state index in [0.717, 1.165) is 18.6 Å². The highest BCUT2D eigenvalue weighted by atomic mass is 16.5. The molecule has 0 saturated heterocycles. The molecule has 0 aliphatic carbocycles. The number of amides is 2. The monoisotopic (exact) mass is 278 g/mol. The summed E-state index contributed by atoms with van der Waals surface area (Å²) in [6.07, 6.45) is 1.90. The van der Waals surface area contributed by atoms with Crippen LogP contribution in [-0.4, -0.2) is 26.2 Å². The maximum absolute atomic E-state index is 10.9. The first-order valence-corrected chi connectivity index (χ1v) is 7.18. The third kappa shape index (κ3) is 5.11. The van der Waals surface area contributed by atoms with Crippen LogP contribution in [0.3, 0.4) is 0 Å². The summed E-state index contributed by atoms with van der Waals surface area (Å²) in [6.45, 7) is 7.89. The minimum Gasteiger partial charge on any atom is -0.494 e. The predicted octanol–water partition coefficient (Wildman–Crippen LogP) is 3.07. The summed E-state index contributed by atoms with van der Waals surface area (Å²) in [7, 11) is 1.60. The van der Waals surface area contributed by atoms with Gasteiger partial charge in [-0.15, -0.1) is 0 Å². The van der Waals surface area contributed by atoms with Crippen LogP contribution in [0.15, 0.2) is 24.3 Å². The van der Waals surface area contributed by atoms with E-state index in [1.165, 1.54) is 5.56 Å². The van der Waals surface area contributed by atoms with Crippen LogP contribution in [0.4, 0.5) is 4.79 Å². The molecule has 4 heteroatoms. The Kier molecular flexibility index (Phi) is 6.36. The first-order chi connectivity index (χ1) is 9.49. The quantitative estimate of drug-likeness (QED) is 0.753. The van der Waals surface area contributed by atoms with E-state index in [4.69, 9.17) is 4.74 Å². The van der Waals surface area contributed by atoms with Crippen molar-refractivity contribution < 1.29 is 9.53 Å². The molecule has 2 amide bonds. The van der Waals surface area contributed by atoms with Crippen LogP contribution in [0, 0.1) is 0 Å². The number of urea groups is 1. The lowest BCUT2D eigenvalue weighted by molar-refractivity contribution is 0.241. The van der Waals surface area contributed by atoms with Crippen molar-refractivity contribution in [2.75, 3.05) is 20.2 Å². The average molecular weight is 278 g/mol. The fourth-order valence-corrected chi connectivity index (χ4v) is 1.76. The fraction of sp³-hybridized carbons (Fsp3) is 0.562. The zero-order chi connectivity index (χ0) is 15.0. The van der Waals surface area contributed by atoms with Crippen molar-refractivity contribution in [2.24, 2.45) is 0 Å². The van der Waals surface area contributed by atoms with Crippen LogP contribution >= 0.6 is 0 Å². The van der Waals surface area contributed by atoms with E-state index in [-0.39, 0.29) is 11.4 Å². The van der Waals surface area contributed by atoms with Gasteiger partial charge in [0.25, 0.3) is 0 Å². The Morgan fingerprint density at radius 3 is 2.45 bits per heavy atom. The second-order valence-corrected chi connectivity index (χ2v) is 5.47. The molecular formula is C16H26N2O2. The van der Waals surface area contributed by atoms with Gasteiger partial charge in [0.2, 0.25) is 0 Å². The summed E-state index contributed by atoms with van der Waals surface area (Å²) in [5, 5.41) is 5.23. The van der Waals surface area contributed by atoms with Gasteiger partial charge in [-0.05, 0) is 36.0 Å². The molecule has 0 aliphatic heterocycles. The Hall–Kier alpha value is -1.71. The number of rotatable bonds is 7. The zero-order valence-electron chi connectivity index (χ0n) is 13.0. The van der Waals surface area contributed by atoms with Crippen molar-refractivity contribution in [2.45, 2.75) is 39.0 Å². The zero-order valence-corrected chi connectivity index (χ0v) is 13.0. The van der Waals surface area contributed by atoms with Gasteiger partial charge in [-0.2, -0.15) is 0 Å². The lowest BCUT2D eigenvalue weighted by Crippen LogP contribution is -2.33. The lowest BCUT2D eigenvalue weighted by atomic mass is 9.82. The van der Waals surface area contributed by atoms with Crippen LogP contribution in [0.25, 0.3) is 0 Å². The second-order valence-electron chi connectivity index (χ2n) is 5.47. The van der Waals surface area contributed by atoms with Gasteiger partial charge >= 0.3 is 6.03 Å². The minimum atomic E-state index is -0.156. The van der Waals surface area contributed by atoms with E-state index in [9.17, 15) is 4.79 Å². The van der Waals surface area contributed by atoms with Crippen LogP contribution in [0.5, 0.6) is 5.75 Å². The number of nitrogens with one attached hydrogen (secondary N) is 2. The topological polar surface area (TPSA) is 50.4 Å². The first kappa shape index (κ1) is 16.3. The van der Waals surface area contributed by atoms with Gasteiger partial charge in [0.15, 0.2) is 0 Å². The molecule has 1 aromatic carbocycles. The molecule has 0 fully saturated rings. The summed E-state index contributed by atoms with van der Waals surface area (Å²) in [4.78, 5) is 10.9. The molecule has 0 spiro atoms. The van der Waals surface area contributed by atoms with Gasteiger partial charge in [0.1, 0.15) is 5.75 Å². The molecule has 0 bridgehead atoms. The van der Waals surface area contributed by atoms with Crippen LogP contribution in [0.2, 0.25) is 0 Å². The summed E-state index contributed by atoms with van der Waals surface area (Å²) >= 11 is 0. The fourth-order valence-electron chi connectivity index (χ4n) is 1.76. The largest absolute Gasteiger partial charge is 0.494 e. The van der Waals surface area contributed by atoms with Crippen molar-refractivity contribution >= 4 is 6.03 Å². The molecule has 0 aliphatic rings. The normalized spacial score (nSPS) is 11.0. The number of carbonyl (C=O) groups excluding carboxylic acids is 1. The third-order valence-corrected chi connectivity index (χ3v) is 3.62. The average Bonchev–Trinajstić information content (AvgIpc) is 2.47. The predicted molar refractivity (Wildman–Crippen MR) is 82.3 cm³/mol. The summed E-state index contributed by atoms with van der Waals surface area (Å²) in [6, 6.07) is 8.12. The van der Waals surface area contributed by atoms with Crippen molar-refractivity contribution in [1.82, 2.24) is 10.6 Å². The standard InChI is InChI=1S/C16H26N2O2/c1-5-16(2,3)13-7-9-14(10-8-13)20-12-6-11-18-15(19)17-4/h7-10H,5-6,11-12H2,1-4H3,(H2,17,18,19). The highest BCUT2D eigenvalue weighted by Gasteiger charge is 2.17. The number of carbonyl (C=O) groups is 1. The van der Waals surface area contributed by atoms with E-state index < -0.39 is 0 Å². The highest BCUT2D eigenvalue weighted by molar-refractivity contribution is 5.73. The minimum absolute atomic E-state index is 0.156. The Morgan fingerprint density at radius 2 is 1.90 bits per heavy atom. The Balaban J connectivity index is 2.34. The van der Waals surface area contributed by atoms with E-state index in [1.54, 1.807) is 7.05 Å². The van der Waals surface area contributed by atoms with Crippen molar-refractivity contribution in [1.29, 1.82) is 0 Å². The Labute approximate surface area is 121 Å². The second kappa shape index (κ2) is 7.78. The van der Waals surface area contributed by atoms with Crippen molar-refractivity contribution in [3.8, 4) is 5.75 Å². The van der Waals surface area contributed by atoms with Gasteiger partial charge in [-0.3, -0.25) is 0 Å². The number of benzene rings is 1. The van der Waals surface area contributed by atoms with E-state index in [1.807, 2.05) is 12.1 Å². The molecule has 1 aromatic rings. The number of ether oxygens (including phenoxy) is 1. The molecular weight excluding hydrogens is 252 g/mol. The maximum Gasteiger partial charge on any atom is 0.314 e. The van der Waals surface area contributed by atoms with Crippen LogP contribution in [-0.2, 0) is 5.41 Å². The molecule has 0 radical (unpaired) electrons. The highest BCUT2D eigenvalue weighted by Crippen LogP contribution is 2.27. The van der Waals surface area contributed by atoms with Gasteiger partial charge < -0.3 is 15.4 Å². The molecule has 0 unspecified atom stereocenters. The van der Waals surface area contributed by atoms with Crippen molar-refractivity contribution in [3.63, 3.8) is 0 Å². The van der Waals surface area contributed by atoms with E-state index in [0.29, 0.717) is 13.2 Å². The number of hydrogen-bond donors (Lipinski definition) is 2. The van der Waals surface area contributed by atoms with E-state index >= 15 is 0 Å². The van der Waals surface area contributed by atoms with Gasteiger partial charge in [-0.25, -0.2) is 4.79 Å². The summed E-state index contributed by atoms with van der Waals surface area (Å²) in [5.74, 6) is 0.876. The Bertz CT molecular complexity index is 413. The molecule has 20 heavy (non-hydrogen) atoms. The molecule has 112 valence electrons. The Morgan fingerprint density at radius 1 is 1.25 bits per heavy atom. The molecule has 0 atom stereocenters. The lowest BCUT2D eigenvalue weighted by Gasteiger charge is -2.23. The van der Waals surface area contributed by atoms with Crippen LogP contribution in [0.1, 0.15) is 39.2 Å². The number of hydrogen-bond acceptors (Lipinski definition) is 2. The van der Waals surface area contributed by atoms with Gasteiger partial charge in [0.05, 0.1) is 6.61 Å². The van der Waals surface area contributed by atoms with Crippen LogP contribution < -0.4 is 15.4 Å². The molecule has 4 nitrogen and oxygen atoms in total. The third-order valence-electron chi connectivity index (χ3n) is 3.62. The molecule has 0 aromatic heterocycles. The first-order valence-electron chi connectivity index (χ1n) is 7.18. The summed E-state index contributed by atoms with van der Waals surface area (Å²) in [5.41, 5.74) is 1.53. The molecule has 0 heterocycles. The smallest absolute Gasteiger partial charge is 0.314 e. The SMILES string of the molecule is CCC(C)(C)c1ccc(OCCCNC(=O)NC)cc1. The molecule has 0 saturated carbocycles. The molecule has 2 N–H and O–H groups in total. The summed E-state index contributed by atoms with van der Waals surface area (Å²) < 4.78 is 5.65. The maximum atomic E-state index is 10.9. The van der Waals surface area contributed by atoms with Gasteiger partial charge in [0, 0.05) is 13.6 Å². The van der Waals surface area contributed by atoms with E-state index in [2.05, 4.69) is 43.5 Å². The molecule has 1 rings (SSSR count). The van der Waals surface area contributed by atoms with Gasteiger partial charge in [-0.1, -0.05) is 32.9 Å². The van der Waals surface area contributed by atoms with Crippen molar-refractivity contribution in [3.05, 3.63) is 29.8 Å².